The monoisotopic (exact) mass is 477 g/mol. The van der Waals surface area contributed by atoms with Crippen molar-refractivity contribution in [3.63, 3.8) is 0 Å². The summed E-state index contributed by atoms with van der Waals surface area (Å²) < 4.78 is 0. The molecule has 1 aliphatic heterocycles. The molecule has 1 N–H and O–H groups in total. The first kappa shape index (κ1) is 21.0. The highest BCUT2D eigenvalue weighted by Crippen LogP contribution is 2.33. The fourth-order valence-corrected chi connectivity index (χ4v) is 3.96. The number of benzene rings is 2. The van der Waals surface area contributed by atoms with E-state index in [1.807, 2.05) is 0 Å². The molecule has 158 valence electrons. The van der Waals surface area contributed by atoms with Crippen LogP contribution < -0.4 is 15.3 Å². The Morgan fingerprint density at radius 1 is 1.10 bits per heavy atom. The van der Waals surface area contributed by atoms with Gasteiger partial charge in [-0.15, -0.1) is 0 Å². The molecule has 1 aliphatic rings. The SMILES string of the molecule is O=C(Nc1ncc([N+](=O)[O-])s1)C1CN(c2ccc(Cl)cc2)N(c2ccc(Cl)cc2)C1=O. The summed E-state index contributed by atoms with van der Waals surface area (Å²) in [4.78, 5) is 40.1. The van der Waals surface area contributed by atoms with Crippen LogP contribution in [0.3, 0.4) is 0 Å². The molecule has 2 heterocycles. The topological polar surface area (TPSA) is 109 Å². The number of nitrogens with one attached hydrogen (secondary N) is 1. The smallest absolute Gasteiger partial charge is 0.301 e. The maximum atomic E-state index is 13.2. The van der Waals surface area contributed by atoms with E-state index in [1.54, 1.807) is 53.5 Å². The van der Waals surface area contributed by atoms with Crippen LogP contribution in [-0.2, 0) is 9.59 Å². The number of thiazole rings is 1. The summed E-state index contributed by atoms with van der Waals surface area (Å²) in [7, 11) is 0. The number of amides is 2. The predicted molar refractivity (Wildman–Crippen MR) is 119 cm³/mol. The first-order valence-corrected chi connectivity index (χ1v) is 10.4. The van der Waals surface area contributed by atoms with Crippen molar-refractivity contribution in [2.24, 2.45) is 5.92 Å². The molecule has 0 saturated carbocycles. The van der Waals surface area contributed by atoms with Gasteiger partial charge in [0.15, 0.2) is 5.13 Å². The van der Waals surface area contributed by atoms with Crippen LogP contribution in [0.4, 0.5) is 21.5 Å². The van der Waals surface area contributed by atoms with Gasteiger partial charge in [0, 0.05) is 10.0 Å². The number of hydrogen-bond donors (Lipinski definition) is 1. The summed E-state index contributed by atoms with van der Waals surface area (Å²) >= 11 is 12.7. The Bertz CT molecular complexity index is 1150. The molecule has 0 aliphatic carbocycles. The lowest BCUT2D eigenvalue weighted by Gasteiger charge is -2.29. The van der Waals surface area contributed by atoms with E-state index in [9.17, 15) is 19.7 Å². The van der Waals surface area contributed by atoms with Crippen molar-refractivity contribution in [2.75, 3.05) is 21.9 Å². The van der Waals surface area contributed by atoms with Crippen LogP contribution in [0.25, 0.3) is 0 Å². The summed E-state index contributed by atoms with van der Waals surface area (Å²) in [5, 5.41) is 17.3. The zero-order valence-electron chi connectivity index (χ0n) is 15.6. The van der Waals surface area contributed by atoms with Gasteiger partial charge in [-0.05, 0) is 59.9 Å². The van der Waals surface area contributed by atoms with Crippen molar-refractivity contribution in [3.8, 4) is 0 Å². The molecule has 12 heteroatoms. The Hall–Kier alpha value is -3.21. The van der Waals surface area contributed by atoms with Crippen molar-refractivity contribution >= 4 is 67.9 Å². The zero-order chi connectivity index (χ0) is 22.1. The second-order valence-corrected chi connectivity index (χ2v) is 8.37. The quantitative estimate of drug-likeness (QED) is 0.331. The summed E-state index contributed by atoms with van der Waals surface area (Å²) in [6.07, 6.45) is 1.05. The van der Waals surface area contributed by atoms with E-state index in [4.69, 9.17) is 23.2 Å². The molecule has 0 radical (unpaired) electrons. The van der Waals surface area contributed by atoms with E-state index in [0.29, 0.717) is 32.8 Å². The molecular formula is C19H13Cl2N5O4S. The summed E-state index contributed by atoms with van der Waals surface area (Å²) in [6, 6.07) is 13.5. The molecule has 2 amide bonds. The first-order valence-electron chi connectivity index (χ1n) is 8.87. The summed E-state index contributed by atoms with van der Waals surface area (Å²) in [5.74, 6) is -2.13. The molecule has 0 spiro atoms. The number of rotatable bonds is 5. The van der Waals surface area contributed by atoms with Gasteiger partial charge >= 0.3 is 5.00 Å². The van der Waals surface area contributed by atoms with E-state index in [-0.39, 0.29) is 16.7 Å². The van der Waals surface area contributed by atoms with Crippen molar-refractivity contribution < 1.29 is 14.5 Å². The van der Waals surface area contributed by atoms with Gasteiger partial charge in [-0.25, -0.2) is 9.99 Å². The van der Waals surface area contributed by atoms with E-state index in [2.05, 4.69) is 10.3 Å². The number of hydrogen-bond acceptors (Lipinski definition) is 7. The fourth-order valence-electron chi connectivity index (χ4n) is 3.08. The molecule has 1 atom stereocenters. The van der Waals surface area contributed by atoms with Crippen molar-refractivity contribution in [3.05, 3.63) is 74.9 Å². The second-order valence-electron chi connectivity index (χ2n) is 6.49. The number of hydrazine groups is 1. The van der Waals surface area contributed by atoms with Crippen molar-refractivity contribution in [1.29, 1.82) is 0 Å². The zero-order valence-corrected chi connectivity index (χ0v) is 17.9. The maximum Gasteiger partial charge on any atom is 0.345 e. The Morgan fingerprint density at radius 2 is 1.68 bits per heavy atom. The molecule has 31 heavy (non-hydrogen) atoms. The van der Waals surface area contributed by atoms with Crippen LogP contribution in [0.2, 0.25) is 10.0 Å². The molecule has 1 unspecified atom stereocenters. The maximum absolute atomic E-state index is 13.2. The lowest BCUT2D eigenvalue weighted by molar-refractivity contribution is -0.380. The van der Waals surface area contributed by atoms with Gasteiger partial charge in [0.05, 0.1) is 22.8 Å². The van der Waals surface area contributed by atoms with Crippen LogP contribution in [0.15, 0.2) is 54.7 Å². The predicted octanol–water partition coefficient (Wildman–Crippen LogP) is 4.38. The average molecular weight is 478 g/mol. The fraction of sp³-hybridized carbons (Fsp3) is 0.105. The molecule has 0 bridgehead atoms. The number of anilines is 3. The molecule has 2 aromatic carbocycles. The standard InChI is InChI=1S/C19H13Cl2N5O4S/c20-11-1-5-13(6-2-11)24-10-15(17(27)23-19-22-9-16(31-19)26(29)30)18(28)25(24)14-7-3-12(21)4-8-14/h1-9,15H,10H2,(H,22,23,27). The van der Waals surface area contributed by atoms with Gasteiger partial charge in [0.2, 0.25) is 5.91 Å². The van der Waals surface area contributed by atoms with Gasteiger partial charge < -0.3 is 5.32 Å². The highest BCUT2D eigenvalue weighted by Gasteiger charge is 2.43. The molecule has 3 aromatic rings. The van der Waals surface area contributed by atoms with Gasteiger partial charge in [0.1, 0.15) is 12.1 Å². The van der Waals surface area contributed by atoms with Crippen LogP contribution in [0, 0.1) is 16.0 Å². The van der Waals surface area contributed by atoms with Crippen LogP contribution in [-0.4, -0.2) is 28.3 Å². The number of carbonyl (C=O) groups is 2. The Balaban J connectivity index is 1.63. The number of carbonyl (C=O) groups excluding carboxylic acids is 2. The normalized spacial score (nSPS) is 15.9. The minimum Gasteiger partial charge on any atom is -0.301 e. The number of nitro groups is 1. The number of nitrogens with zero attached hydrogens (tertiary/aromatic N) is 4. The molecule has 1 saturated heterocycles. The average Bonchev–Trinajstić information content (AvgIpc) is 3.34. The summed E-state index contributed by atoms with van der Waals surface area (Å²) in [5.41, 5.74) is 1.19. The van der Waals surface area contributed by atoms with Crippen molar-refractivity contribution in [1.82, 2.24) is 4.98 Å². The third-order valence-electron chi connectivity index (χ3n) is 4.52. The van der Waals surface area contributed by atoms with E-state index < -0.39 is 22.7 Å². The van der Waals surface area contributed by atoms with E-state index in [0.717, 1.165) is 6.20 Å². The molecule has 1 fully saturated rings. The molecule has 4 rings (SSSR count). The second kappa shape index (κ2) is 8.50. The van der Waals surface area contributed by atoms with Gasteiger partial charge in [-0.1, -0.05) is 23.2 Å². The van der Waals surface area contributed by atoms with E-state index in [1.165, 1.54) is 5.01 Å². The third-order valence-corrected chi connectivity index (χ3v) is 5.89. The van der Waals surface area contributed by atoms with Crippen LogP contribution in [0.1, 0.15) is 0 Å². The molecular weight excluding hydrogens is 465 g/mol. The van der Waals surface area contributed by atoms with Crippen LogP contribution >= 0.6 is 34.5 Å². The molecule has 1 aromatic heterocycles. The Labute approximate surface area is 189 Å². The van der Waals surface area contributed by atoms with Gasteiger partial charge in [0.25, 0.3) is 5.91 Å². The van der Waals surface area contributed by atoms with Gasteiger partial charge in [-0.2, -0.15) is 0 Å². The summed E-state index contributed by atoms with van der Waals surface area (Å²) in [6.45, 7) is 0.0579. The lowest BCUT2D eigenvalue weighted by Crippen LogP contribution is -2.39. The Kier molecular flexibility index (Phi) is 5.77. The van der Waals surface area contributed by atoms with Crippen molar-refractivity contribution in [2.45, 2.75) is 0 Å². The highest BCUT2D eigenvalue weighted by molar-refractivity contribution is 7.18. The Morgan fingerprint density at radius 3 is 2.23 bits per heavy atom. The lowest BCUT2D eigenvalue weighted by atomic mass is 10.1. The largest absolute Gasteiger partial charge is 0.345 e. The third kappa shape index (κ3) is 4.31. The molecule has 9 nitrogen and oxygen atoms in total. The van der Waals surface area contributed by atoms with Gasteiger partial charge in [-0.3, -0.25) is 24.7 Å². The van der Waals surface area contributed by atoms with Crippen LogP contribution in [0.5, 0.6) is 0 Å². The van der Waals surface area contributed by atoms with E-state index >= 15 is 0 Å². The number of halogens is 2. The first-order chi connectivity index (χ1) is 14.8. The number of aromatic nitrogens is 1. The minimum absolute atomic E-state index is 0.0486. The highest BCUT2D eigenvalue weighted by atomic mass is 35.5. The minimum atomic E-state index is -1.06.